The monoisotopic (exact) mass is 308 g/mol. The number of hydrogen-bond acceptors (Lipinski definition) is 3. The number of nitrogens with two attached hydrogens (primary N) is 1. The Balaban J connectivity index is 2.32. The molecule has 0 aliphatic carbocycles. The summed E-state index contributed by atoms with van der Waals surface area (Å²) in [6.07, 6.45) is 2.86. The molecule has 18 heavy (non-hydrogen) atoms. The maximum Gasteiger partial charge on any atom is 0.0878 e. The van der Waals surface area contributed by atoms with Crippen LogP contribution >= 0.6 is 15.9 Å². The molecule has 0 radical (unpaired) electrons. The number of hydrogen-bond donors (Lipinski definition) is 2. The maximum atomic E-state index is 5.70. The second-order valence-corrected chi connectivity index (χ2v) is 5.05. The van der Waals surface area contributed by atoms with Crippen molar-refractivity contribution in [2.24, 2.45) is 5.84 Å². The van der Waals surface area contributed by atoms with Crippen molar-refractivity contribution in [2.75, 3.05) is 0 Å². The second kappa shape index (κ2) is 6.13. The van der Waals surface area contributed by atoms with Gasteiger partial charge >= 0.3 is 0 Å². The first-order chi connectivity index (χ1) is 8.76. The Morgan fingerprint density at radius 2 is 2.06 bits per heavy atom. The first-order valence-corrected chi connectivity index (χ1v) is 6.79. The fourth-order valence-electron chi connectivity index (χ4n) is 1.99. The van der Waals surface area contributed by atoms with Gasteiger partial charge in [-0.1, -0.05) is 35.0 Å². The van der Waals surface area contributed by atoms with Crippen LogP contribution in [-0.2, 0) is 6.54 Å². The van der Waals surface area contributed by atoms with Crippen LogP contribution in [0.5, 0.6) is 0 Å². The number of benzene rings is 1. The van der Waals surface area contributed by atoms with Crippen LogP contribution in [0.4, 0.5) is 0 Å². The quantitative estimate of drug-likeness (QED) is 0.659. The SMILES string of the molecule is CCCn1nccc1C(NN)c1ccc(Br)cc1. The summed E-state index contributed by atoms with van der Waals surface area (Å²) in [4.78, 5) is 0. The lowest BCUT2D eigenvalue weighted by Crippen LogP contribution is -2.30. The largest absolute Gasteiger partial charge is 0.271 e. The van der Waals surface area contributed by atoms with Crippen molar-refractivity contribution in [3.8, 4) is 0 Å². The average Bonchev–Trinajstić information content (AvgIpc) is 2.82. The maximum absolute atomic E-state index is 5.70. The first kappa shape index (κ1) is 13.3. The van der Waals surface area contributed by atoms with Crippen molar-refractivity contribution >= 4 is 15.9 Å². The minimum Gasteiger partial charge on any atom is -0.271 e. The summed E-state index contributed by atoms with van der Waals surface area (Å²) in [6.45, 7) is 3.03. The van der Waals surface area contributed by atoms with Crippen LogP contribution in [0.15, 0.2) is 41.0 Å². The lowest BCUT2D eigenvalue weighted by atomic mass is 10.0. The van der Waals surface area contributed by atoms with Gasteiger partial charge in [0.15, 0.2) is 0 Å². The molecule has 0 fully saturated rings. The van der Waals surface area contributed by atoms with E-state index in [2.05, 4.69) is 45.5 Å². The molecule has 0 saturated carbocycles. The summed E-state index contributed by atoms with van der Waals surface area (Å²) < 4.78 is 3.05. The number of hydrazine groups is 1. The molecule has 4 nitrogen and oxygen atoms in total. The second-order valence-electron chi connectivity index (χ2n) is 4.13. The number of aromatic nitrogens is 2. The van der Waals surface area contributed by atoms with E-state index in [1.54, 1.807) is 0 Å². The van der Waals surface area contributed by atoms with Crippen molar-refractivity contribution in [3.05, 3.63) is 52.3 Å². The standard InChI is InChI=1S/C13H17BrN4/c1-2-9-18-12(7-8-16-18)13(17-15)10-3-5-11(14)6-4-10/h3-8,13,17H,2,9,15H2,1H3. The molecule has 0 saturated heterocycles. The molecule has 1 aromatic carbocycles. The Morgan fingerprint density at radius 3 is 2.67 bits per heavy atom. The van der Waals surface area contributed by atoms with Gasteiger partial charge in [0.2, 0.25) is 0 Å². The van der Waals surface area contributed by atoms with Gasteiger partial charge in [0, 0.05) is 17.2 Å². The topological polar surface area (TPSA) is 55.9 Å². The molecule has 96 valence electrons. The molecule has 1 aromatic heterocycles. The number of nitrogens with zero attached hydrogens (tertiary/aromatic N) is 2. The van der Waals surface area contributed by atoms with E-state index in [1.807, 2.05) is 29.1 Å². The molecule has 3 N–H and O–H groups in total. The molecule has 2 aromatic rings. The van der Waals surface area contributed by atoms with Gasteiger partial charge < -0.3 is 0 Å². The van der Waals surface area contributed by atoms with Crippen LogP contribution < -0.4 is 11.3 Å². The molecule has 1 unspecified atom stereocenters. The molecule has 1 atom stereocenters. The fraction of sp³-hybridized carbons (Fsp3) is 0.308. The lowest BCUT2D eigenvalue weighted by Gasteiger charge is -2.18. The van der Waals surface area contributed by atoms with E-state index >= 15 is 0 Å². The summed E-state index contributed by atoms with van der Waals surface area (Å²) in [5, 5.41) is 4.33. The van der Waals surface area contributed by atoms with E-state index in [-0.39, 0.29) is 6.04 Å². The Bertz CT molecular complexity index is 492. The molecule has 2 rings (SSSR count). The lowest BCUT2D eigenvalue weighted by molar-refractivity contribution is 0.521. The molecular weight excluding hydrogens is 292 g/mol. The zero-order chi connectivity index (χ0) is 13.0. The molecule has 0 spiro atoms. The van der Waals surface area contributed by atoms with Gasteiger partial charge in [-0.05, 0) is 30.2 Å². The molecule has 5 heteroatoms. The van der Waals surface area contributed by atoms with Gasteiger partial charge in [-0.2, -0.15) is 5.10 Å². The van der Waals surface area contributed by atoms with Crippen molar-refractivity contribution < 1.29 is 0 Å². The van der Waals surface area contributed by atoms with E-state index < -0.39 is 0 Å². The Morgan fingerprint density at radius 1 is 1.33 bits per heavy atom. The van der Waals surface area contributed by atoms with Crippen LogP contribution in [-0.4, -0.2) is 9.78 Å². The van der Waals surface area contributed by atoms with Gasteiger partial charge in [-0.15, -0.1) is 0 Å². The van der Waals surface area contributed by atoms with E-state index in [4.69, 9.17) is 5.84 Å². The zero-order valence-corrected chi connectivity index (χ0v) is 11.9. The summed E-state index contributed by atoms with van der Waals surface area (Å²) in [5.41, 5.74) is 5.07. The normalized spacial score (nSPS) is 12.6. The number of aryl methyl sites for hydroxylation is 1. The molecular formula is C13H17BrN4. The first-order valence-electron chi connectivity index (χ1n) is 5.99. The highest BCUT2D eigenvalue weighted by Gasteiger charge is 2.16. The van der Waals surface area contributed by atoms with Gasteiger partial charge in [-0.25, -0.2) is 5.43 Å². The predicted molar refractivity (Wildman–Crippen MR) is 75.8 cm³/mol. The number of rotatable bonds is 5. The number of nitrogens with one attached hydrogen (secondary N) is 1. The highest BCUT2D eigenvalue weighted by Crippen LogP contribution is 2.22. The summed E-state index contributed by atoms with van der Waals surface area (Å²) in [5.74, 6) is 5.70. The number of halogens is 1. The third kappa shape index (κ3) is 2.80. The van der Waals surface area contributed by atoms with Crippen LogP contribution in [0.25, 0.3) is 0 Å². The average molecular weight is 309 g/mol. The molecule has 0 aliphatic heterocycles. The van der Waals surface area contributed by atoms with Crippen LogP contribution in [0.2, 0.25) is 0 Å². The van der Waals surface area contributed by atoms with Gasteiger partial charge in [0.05, 0.1) is 11.7 Å². The van der Waals surface area contributed by atoms with Crippen LogP contribution in [0, 0.1) is 0 Å². The van der Waals surface area contributed by atoms with Crippen molar-refractivity contribution in [1.82, 2.24) is 15.2 Å². The zero-order valence-electron chi connectivity index (χ0n) is 10.3. The third-order valence-electron chi connectivity index (χ3n) is 2.85. The highest BCUT2D eigenvalue weighted by atomic mass is 79.9. The summed E-state index contributed by atoms with van der Waals surface area (Å²) in [6, 6.07) is 10.1. The molecule has 0 aliphatic rings. The Labute approximate surface area is 115 Å². The van der Waals surface area contributed by atoms with E-state index in [0.717, 1.165) is 28.7 Å². The van der Waals surface area contributed by atoms with Crippen LogP contribution in [0.1, 0.15) is 30.6 Å². The molecule has 1 heterocycles. The fourth-order valence-corrected chi connectivity index (χ4v) is 2.26. The third-order valence-corrected chi connectivity index (χ3v) is 3.38. The minimum absolute atomic E-state index is 0.0350. The van der Waals surface area contributed by atoms with Gasteiger partial charge in [-0.3, -0.25) is 10.5 Å². The van der Waals surface area contributed by atoms with Gasteiger partial charge in [0.1, 0.15) is 0 Å². The minimum atomic E-state index is -0.0350. The van der Waals surface area contributed by atoms with Gasteiger partial charge in [0.25, 0.3) is 0 Å². The summed E-state index contributed by atoms with van der Waals surface area (Å²) in [7, 11) is 0. The Hall–Kier alpha value is -1.17. The predicted octanol–water partition coefficient (Wildman–Crippen LogP) is 2.61. The van der Waals surface area contributed by atoms with Crippen molar-refractivity contribution in [2.45, 2.75) is 25.9 Å². The summed E-state index contributed by atoms with van der Waals surface area (Å²) >= 11 is 3.44. The molecule has 0 bridgehead atoms. The van der Waals surface area contributed by atoms with Crippen LogP contribution in [0.3, 0.4) is 0 Å². The highest BCUT2D eigenvalue weighted by molar-refractivity contribution is 9.10. The smallest absolute Gasteiger partial charge is 0.0878 e. The molecule has 0 amide bonds. The van der Waals surface area contributed by atoms with Crippen molar-refractivity contribution in [3.63, 3.8) is 0 Å². The van der Waals surface area contributed by atoms with E-state index in [9.17, 15) is 0 Å². The Kier molecular flexibility index (Phi) is 4.52. The van der Waals surface area contributed by atoms with E-state index in [0.29, 0.717) is 0 Å². The van der Waals surface area contributed by atoms with Crippen molar-refractivity contribution in [1.29, 1.82) is 0 Å². The van der Waals surface area contributed by atoms with E-state index in [1.165, 1.54) is 0 Å².